The number of amides is 1. The molecule has 0 aliphatic rings. The Balaban J connectivity index is 1.98. The van der Waals surface area contributed by atoms with E-state index in [9.17, 15) is 23.3 Å². The van der Waals surface area contributed by atoms with Crippen LogP contribution in [0.15, 0.2) is 45.9 Å². The molecule has 1 amide bonds. The first kappa shape index (κ1) is 25.9. The van der Waals surface area contributed by atoms with Crippen LogP contribution >= 0.6 is 0 Å². The smallest absolute Gasteiger partial charge is 0.272 e. The summed E-state index contributed by atoms with van der Waals surface area (Å²) < 4.78 is 41.1. The van der Waals surface area contributed by atoms with Crippen LogP contribution in [0.3, 0.4) is 0 Å². The highest BCUT2D eigenvalue weighted by atomic mass is 32.2. The van der Waals surface area contributed by atoms with Crippen molar-refractivity contribution in [3.8, 4) is 11.6 Å². The number of hydrogen-bond acceptors (Lipinski definition) is 8. The topological polar surface area (TPSA) is 159 Å². The lowest BCUT2D eigenvalue weighted by molar-refractivity contribution is -0.385. The van der Waals surface area contributed by atoms with Crippen LogP contribution in [0.2, 0.25) is 0 Å². The second-order valence-corrected chi connectivity index (χ2v) is 9.46. The van der Waals surface area contributed by atoms with E-state index in [1.54, 1.807) is 39.8 Å². The number of sulfonamides is 1. The highest BCUT2D eigenvalue weighted by Gasteiger charge is 2.28. The van der Waals surface area contributed by atoms with Gasteiger partial charge in [0.05, 0.1) is 17.7 Å². The van der Waals surface area contributed by atoms with Gasteiger partial charge in [0.25, 0.3) is 11.6 Å². The highest BCUT2D eigenvalue weighted by Crippen LogP contribution is 2.34. The SMILES string of the molecule is CC[C@H](C)NS(=O)(=O)c1cc([N+](=O)[O-])ccc1Oc1c(C)c(C(=O)NCc2ccco2)nn1CC. The molecule has 35 heavy (non-hydrogen) atoms. The molecule has 188 valence electrons. The molecule has 0 radical (unpaired) electrons. The zero-order valence-electron chi connectivity index (χ0n) is 19.8. The summed E-state index contributed by atoms with van der Waals surface area (Å²) in [6.07, 6.45) is 2.01. The molecule has 0 bridgehead atoms. The Kier molecular flexibility index (Phi) is 7.92. The van der Waals surface area contributed by atoms with Crippen molar-refractivity contribution in [2.24, 2.45) is 0 Å². The second kappa shape index (κ2) is 10.7. The molecule has 2 N–H and O–H groups in total. The van der Waals surface area contributed by atoms with Crippen molar-refractivity contribution in [2.45, 2.75) is 58.1 Å². The van der Waals surface area contributed by atoms with Crippen LogP contribution in [0.25, 0.3) is 0 Å². The Bertz CT molecular complexity index is 1320. The molecular formula is C22H27N5O7S. The van der Waals surface area contributed by atoms with Crippen molar-refractivity contribution in [1.29, 1.82) is 0 Å². The normalized spacial score (nSPS) is 12.3. The fourth-order valence-corrected chi connectivity index (χ4v) is 4.65. The van der Waals surface area contributed by atoms with E-state index >= 15 is 0 Å². The van der Waals surface area contributed by atoms with Gasteiger partial charge in [0, 0.05) is 30.3 Å². The van der Waals surface area contributed by atoms with Crippen LogP contribution in [0, 0.1) is 17.0 Å². The van der Waals surface area contributed by atoms with Gasteiger partial charge < -0.3 is 14.5 Å². The van der Waals surface area contributed by atoms with E-state index in [-0.39, 0.29) is 28.8 Å². The summed E-state index contributed by atoms with van der Waals surface area (Å²) in [5.41, 5.74) is 0.0680. The van der Waals surface area contributed by atoms with Crippen LogP contribution in [0.1, 0.15) is 49.0 Å². The lowest BCUT2D eigenvalue weighted by Gasteiger charge is -2.16. The molecule has 0 aliphatic carbocycles. The van der Waals surface area contributed by atoms with Crippen LogP contribution < -0.4 is 14.8 Å². The van der Waals surface area contributed by atoms with E-state index < -0.39 is 32.6 Å². The number of nitrogens with zero attached hydrogens (tertiary/aromatic N) is 3. The number of aromatic nitrogens is 2. The summed E-state index contributed by atoms with van der Waals surface area (Å²) in [4.78, 5) is 22.9. The standard InChI is InChI=1S/C22H27N5O7S/c1-5-14(3)25-35(31,32)19-12-16(27(29)30)9-10-18(19)34-22-15(4)20(24-26(22)6-2)21(28)23-13-17-8-7-11-33-17/h7-12,14,25H,5-6,13H2,1-4H3,(H,23,28)/t14-/m0/s1. The minimum atomic E-state index is -4.15. The zero-order valence-corrected chi connectivity index (χ0v) is 20.6. The third-order valence-electron chi connectivity index (χ3n) is 5.25. The number of hydrogen-bond donors (Lipinski definition) is 2. The van der Waals surface area contributed by atoms with Crippen molar-refractivity contribution in [1.82, 2.24) is 19.8 Å². The van der Waals surface area contributed by atoms with Crippen LogP contribution in [-0.4, -0.2) is 35.1 Å². The Morgan fingerprint density at radius 2 is 2.06 bits per heavy atom. The van der Waals surface area contributed by atoms with Crippen LogP contribution in [-0.2, 0) is 23.1 Å². The van der Waals surface area contributed by atoms with Gasteiger partial charge in [-0.15, -0.1) is 0 Å². The first-order valence-electron chi connectivity index (χ1n) is 10.9. The molecule has 12 nitrogen and oxygen atoms in total. The van der Waals surface area contributed by atoms with Gasteiger partial charge in [-0.25, -0.2) is 17.8 Å². The number of nitro groups is 1. The number of carbonyl (C=O) groups excluding carboxylic acids is 1. The Hall–Kier alpha value is -3.71. The Morgan fingerprint density at radius 3 is 2.66 bits per heavy atom. The van der Waals surface area contributed by atoms with E-state index in [1.165, 1.54) is 17.0 Å². The Morgan fingerprint density at radius 1 is 1.31 bits per heavy atom. The second-order valence-electron chi connectivity index (χ2n) is 7.78. The number of benzene rings is 1. The van der Waals surface area contributed by atoms with Crippen molar-refractivity contribution in [2.75, 3.05) is 0 Å². The maximum Gasteiger partial charge on any atom is 0.272 e. The average Bonchev–Trinajstić information content (AvgIpc) is 3.45. The quantitative estimate of drug-likeness (QED) is 0.296. The van der Waals surface area contributed by atoms with Crippen LogP contribution in [0.4, 0.5) is 5.69 Å². The van der Waals surface area contributed by atoms with E-state index in [0.717, 1.165) is 12.1 Å². The largest absolute Gasteiger partial charge is 0.467 e. The lowest BCUT2D eigenvalue weighted by Crippen LogP contribution is -2.32. The van der Waals surface area contributed by atoms with Gasteiger partial charge in [0.2, 0.25) is 15.9 Å². The summed E-state index contributed by atoms with van der Waals surface area (Å²) in [5, 5.41) is 18.3. The van der Waals surface area contributed by atoms with Gasteiger partial charge in [-0.1, -0.05) is 6.92 Å². The zero-order chi connectivity index (χ0) is 25.8. The van der Waals surface area contributed by atoms with Gasteiger partial charge in [-0.05, 0) is 45.4 Å². The van der Waals surface area contributed by atoms with Crippen molar-refractivity contribution in [3.05, 3.63) is 63.7 Å². The number of furan rings is 1. The molecular weight excluding hydrogens is 478 g/mol. The number of aryl methyl sites for hydroxylation is 1. The molecule has 1 aromatic carbocycles. The maximum atomic E-state index is 13.0. The minimum Gasteiger partial charge on any atom is -0.467 e. The molecule has 3 aromatic rings. The highest BCUT2D eigenvalue weighted by molar-refractivity contribution is 7.89. The fourth-order valence-electron chi connectivity index (χ4n) is 3.18. The molecule has 0 fully saturated rings. The summed E-state index contributed by atoms with van der Waals surface area (Å²) in [6.45, 7) is 7.36. The monoisotopic (exact) mass is 505 g/mol. The molecule has 1 atom stereocenters. The predicted octanol–water partition coefficient (Wildman–Crippen LogP) is 3.51. The molecule has 2 aromatic heterocycles. The summed E-state index contributed by atoms with van der Waals surface area (Å²) in [6, 6.07) is 6.33. The average molecular weight is 506 g/mol. The van der Waals surface area contributed by atoms with Gasteiger partial charge >= 0.3 is 0 Å². The van der Waals surface area contributed by atoms with Crippen molar-refractivity contribution in [3.63, 3.8) is 0 Å². The molecule has 3 rings (SSSR count). The number of rotatable bonds is 11. The van der Waals surface area contributed by atoms with Gasteiger partial charge in [0.1, 0.15) is 16.4 Å². The first-order chi connectivity index (χ1) is 16.6. The lowest BCUT2D eigenvalue weighted by atomic mass is 10.2. The molecule has 0 spiro atoms. The Labute approximate surface area is 202 Å². The number of carbonyl (C=O) groups is 1. The molecule has 0 saturated carbocycles. The maximum absolute atomic E-state index is 13.0. The third kappa shape index (κ3) is 5.87. The predicted molar refractivity (Wildman–Crippen MR) is 126 cm³/mol. The van der Waals surface area contributed by atoms with Gasteiger partial charge in [-0.2, -0.15) is 5.10 Å². The summed E-state index contributed by atoms with van der Waals surface area (Å²) in [5.74, 6) is 0.110. The van der Waals surface area contributed by atoms with Crippen molar-refractivity contribution >= 4 is 21.6 Å². The molecule has 2 heterocycles. The van der Waals surface area contributed by atoms with E-state index in [2.05, 4.69) is 15.1 Å². The fraction of sp³-hybridized carbons (Fsp3) is 0.364. The summed E-state index contributed by atoms with van der Waals surface area (Å²) in [7, 11) is -4.15. The van der Waals surface area contributed by atoms with E-state index in [1.807, 2.05) is 0 Å². The summed E-state index contributed by atoms with van der Waals surface area (Å²) >= 11 is 0. The minimum absolute atomic E-state index is 0.0949. The van der Waals surface area contributed by atoms with Crippen LogP contribution in [0.5, 0.6) is 11.6 Å². The molecule has 0 aliphatic heterocycles. The number of ether oxygens (including phenoxy) is 1. The third-order valence-corrected chi connectivity index (χ3v) is 6.86. The van der Waals surface area contributed by atoms with E-state index in [4.69, 9.17) is 9.15 Å². The number of nitrogens with one attached hydrogen (secondary N) is 2. The number of non-ortho nitro benzene ring substituents is 1. The molecule has 0 saturated heterocycles. The van der Waals surface area contributed by atoms with Gasteiger partial charge in [0.15, 0.2) is 5.69 Å². The molecule has 0 unspecified atom stereocenters. The number of nitro benzene ring substituents is 1. The molecule has 13 heteroatoms. The van der Waals surface area contributed by atoms with Crippen molar-refractivity contribution < 1.29 is 27.3 Å². The van der Waals surface area contributed by atoms with Gasteiger partial charge in [-0.3, -0.25) is 14.9 Å². The first-order valence-corrected chi connectivity index (χ1v) is 12.4. The van der Waals surface area contributed by atoms with E-state index in [0.29, 0.717) is 24.3 Å².